The van der Waals surface area contributed by atoms with Crippen LogP contribution in [0.25, 0.3) is 22.6 Å². The fraction of sp³-hybridized carbons (Fsp3) is 0.0833. The van der Waals surface area contributed by atoms with Crippen LogP contribution in [0.1, 0.15) is 5.56 Å². The van der Waals surface area contributed by atoms with Gasteiger partial charge in [-0.1, -0.05) is 28.9 Å². The molecule has 0 aliphatic heterocycles. The van der Waals surface area contributed by atoms with Crippen LogP contribution in [0, 0.1) is 6.92 Å². The van der Waals surface area contributed by atoms with Crippen LogP contribution in [-0.4, -0.2) is 34.6 Å². The second kappa shape index (κ2) is 3.97. The molecule has 0 atom stereocenters. The number of hydrogen-bond acceptors (Lipinski definition) is 5. The van der Waals surface area contributed by atoms with Crippen molar-refractivity contribution in [3.05, 3.63) is 41.3 Å². The Hall–Kier alpha value is -2.54. The van der Waals surface area contributed by atoms with Gasteiger partial charge in [0.1, 0.15) is 17.0 Å². The van der Waals surface area contributed by atoms with E-state index in [1.54, 1.807) is 9.20 Å². The molecule has 0 bridgehead atoms. The highest BCUT2D eigenvalue weighted by Crippen LogP contribution is 2.23. The van der Waals surface area contributed by atoms with Gasteiger partial charge in [0.25, 0.3) is 5.78 Å². The zero-order chi connectivity index (χ0) is 13.7. The summed E-state index contributed by atoms with van der Waals surface area (Å²) in [5.41, 5.74) is 2.43. The topological polar surface area (TPSA) is 73.8 Å². The lowest BCUT2D eigenvalue weighted by molar-refractivity contribution is 0.750. The molecule has 7 nitrogen and oxygen atoms in total. The number of fused-ring (bicyclic) bond motifs is 2. The Morgan fingerprint density at radius 1 is 1.20 bits per heavy atom. The predicted molar refractivity (Wildman–Crippen MR) is 73.0 cm³/mol. The lowest BCUT2D eigenvalue weighted by Gasteiger charge is -2.09. The number of nitrogens with zero attached hydrogens (tertiary/aromatic N) is 7. The van der Waals surface area contributed by atoms with Gasteiger partial charge < -0.3 is 0 Å². The second-order valence-corrected chi connectivity index (χ2v) is 4.67. The summed E-state index contributed by atoms with van der Waals surface area (Å²) in [5, 5.41) is 12.9. The molecule has 8 heteroatoms. The second-order valence-electron chi connectivity index (χ2n) is 4.31. The molecule has 3 heterocycles. The first-order valence-corrected chi connectivity index (χ1v) is 6.30. The molecule has 0 fully saturated rings. The smallest absolute Gasteiger partial charge is 0.199 e. The monoisotopic (exact) mass is 285 g/mol. The van der Waals surface area contributed by atoms with Gasteiger partial charge in [-0.25, -0.2) is 0 Å². The highest BCUT2D eigenvalue weighted by molar-refractivity contribution is 6.30. The number of halogens is 1. The van der Waals surface area contributed by atoms with Crippen molar-refractivity contribution in [1.82, 2.24) is 34.6 Å². The summed E-state index contributed by atoms with van der Waals surface area (Å²) >= 11 is 6.16. The maximum atomic E-state index is 6.16. The first-order chi connectivity index (χ1) is 9.75. The van der Waals surface area contributed by atoms with Crippen molar-refractivity contribution in [3.63, 3.8) is 0 Å². The average Bonchev–Trinajstić information content (AvgIpc) is 3.07. The Bertz CT molecular complexity index is 939. The van der Waals surface area contributed by atoms with Gasteiger partial charge in [0.15, 0.2) is 5.82 Å². The molecule has 0 spiro atoms. The van der Waals surface area contributed by atoms with Crippen LogP contribution in [0.2, 0.25) is 5.15 Å². The van der Waals surface area contributed by atoms with Gasteiger partial charge in [-0.2, -0.15) is 24.3 Å². The zero-order valence-electron chi connectivity index (χ0n) is 10.4. The van der Waals surface area contributed by atoms with Gasteiger partial charge in [-0.3, -0.25) is 0 Å². The summed E-state index contributed by atoms with van der Waals surface area (Å²) in [5.74, 6) is 1.11. The van der Waals surface area contributed by atoms with Crippen LogP contribution in [-0.2, 0) is 0 Å². The van der Waals surface area contributed by atoms with E-state index in [-0.39, 0.29) is 0 Å². The van der Waals surface area contributed by atoms with Gasteiger partial charge in [0.2, 0.25) is 0 Å². The van der Waals surface area contributed by atoms with E-state index >= 15 is 0 Å². The normalized spacial score (nSPS) is 11.5. The molecule has 3 aromatic heterocycles. The quantitative estimate of drug-likeness (QED) is 0.499. The first kappa shape index (κ1) is 11.3. The Morgan fingerprint density at radius 2 is 2.05 bits per heavy atom. The summed E-state index contributed by atoms with van der Waals surface area (Å²) in [6.45, 7) is 1.86. The molecule has 0 amide bonds. The van der Waals surface area contributed by atoms with Crippen molar-refractivity contribution in [3.8, 4) is 5.82 Å². The van der Waals surface area contributed by atoms with E-state index in [0.717, 1.165) is 16.6 Å². The molecule has 0 aliphatic carbocycles. The first-order valence-electron chi connectivity index (χ1n) is 5.92. The number of para-hydroxylation sites is 1. The third kappa shape index (κ3) is 1.44. The van der Waals surface area contributed by atoms with Crippen molar-refractivity contribution >= 4 is 28.4 Å². The molecule has 0 radical (unpaired) electrons. The summed E-state index contributed by atoms with van der Waals surface area (Å²) in [4.78, 5) is 8.25. The maximum absolute atomic E-state index is 6.16. The third-order valence-corrected chi connectivity index (χ3v) is 3.49. The molecule has 0 saturated heterocycles. The Kier molecular flexibility index (Phi) is 2.25. The minimum absolute atomic E-state index is 0.375. The minimum atomic E-state index is 0.375. The minimum Gasteiger partial charge on any atom is -0.199 e. The average molecular weight is 286 g/mol. The van der Waals surface area contributed by atoms with Crippen LogP contribution in [0.3, 0.4) is 0 Å². The van der Waals surface area contributed by atoms with Crippen LogP contribution >= 0.6 is 11.6 Å². The lowest BCUT2D eigenvalue weighted by Crippen LogP contribution is -2.09. The molecule has 1 aromatic carbocycles. The van der Waals surface area contributed by atoms with E-state index in [1.165, 1.54) is 6.33 Å². The molecular formula is C12H8ClN7. The predicted octanol–water partition coefficient (Wildman–Crippen LogP) is 1.82. The number of hydrogen-bond donors (Lipinski definition) is 0. The van der Waals surface area contributed by atoms with E-state index in [9.17, 15) is 0 Å². The van der Waals surface area contributed by atoms with Crippen LogP contribution in [0.4, 0.5) is 0 Å². The van der Waals surface area contributed by atoms with Crippen molar-refractivity contribution in [2.45, 2.75) is 6.92 Å². The molecule has 0 N–H and O–H groups in total. The maximum Gasteiger partial charge on any atom is 0.255 e. The van der Waals surface area contributed by atoms with Crippen molar-refractivity contribution in [2.75, 3.05) is 0 Å². The van der Waals surface area contributed by atoms with E-state index in [1.807, 2.05) is 31.2 Å². The molecule has 98 valence electrons. The van der Waals surface area contributed by atoms with Crippen molar-refractivity contribution < 1.29 is 0 Å². The molecule has 4 aromatic rings. The molecule has 0 saturated carbocycles. The fourth-order valence-electron chi connectivity index (χ4n) is 2.16. The Labute approximate surface area is 117 Å². The van der Waals surface area contributed by atoms with Crippen LogP contribution in [0.15, 0.2) is 30.6 Å². The van der Waals surface area contributed by atoms with E-state index < -0.39 is 0 Å². The SMILES string of the molecule is Cc1c(Cl)nc2ncnn2c1-n1nnc2ccccc21. The Balaban J connectivity index is 2.16. The summed E-state index contributed by atoms with van der Waals surface area (Å²) < 4.78 is 3.29. The largest absolute Gasteiger partial charge is 0.255 e. The molecule has 0 unspecified atom stereocenters. The van der Waals surface area contributed by atoms with Gasteiger partial charge in [0, 0.05) is 5.56 Å². The van der Waals surface area contributed by atoms with E-state index in [0.29, 0.717) is 16.7 Å². The zero-order valence-corrected chi connectivity index (χ0v) is 11.2. The highest BCUT2D eigenvalue weighted by atomic mass is 35.5. The standard InChI is InChI=1S/C12H8ClN7/c1-7-10(13)16-12-14-6-15-20(12)11(7)19-9-5-3-2-4-8(9)17-18-19/h2-6H,1H3. The summed E-state index contributed by atoms with van der Waals surface area (Å²) in [6, 6.07) is 7.68. The van der Waals surface area contributed by atoms with E-state index in [2.05, 4.69) is 25.4 Å². The lowest BCUT2D eigenvalue weighted by atomic mass is 10.3. The number of rotatable bonds is 1. The van der Waals surface area contributed by atoms with Crippen molar-refractivity contribution in [1.29, 1.82) is 0 Å². The fourth-order valence-corrected chi connectivity index (χ4v) is 2.32. The van der Waals surface area contributed by atoms with Crippen molar-refractivity contribution in [2.24, 2.45) is 0 Å². The van der Waals surface area contributed by atoms with Gasteiger partial charge in [-0.05, 0) is 19.1 Å². The molecule has 0 aliphatic rings. The number of benzene rings is 1. The molecular weight excluding hydrogens is 278 g/mol. The van der Waals surface area contributed by atoms with Crippen LogP contribution in [0.5, 0.6) is 0 Å². The van der Waals surface area contributed by atoms with Gasteiger partial charge in [0.05, 0.1) is 5.52 Å². The van der Waals surface area contributed by atoms with Gasteiger partial charge >= 0.3 is 0 Å². The summed E-state index contributed by atoms with van der Waals surface area (Å²) in [6.07, 6.45) is 1.43. The molecule has 20 heavy (non-hydrogen) atoms. The Morgan fingerprint density at radius 3 is 2.95 bits per heavy atom. The summed E-state index contributed by atoms with van der Waals surface area (Å²) in [7, 11) is 0. The van der Waals surface area contributed by atoms with Crippen LogP contribution < -0.4 is 0 Å². The third-order valence-electron chi connectivity index (χ3n) is 3.13. The molecule has 4 rings (SSSR count). The number of aromatic nitrogens is 7. The highest BCUT2D eigenvalue weighted by Gasteiger charge is 2.17. The van der Waals surface area contributed by atoms with E-state index in [4.69, 9.17) is 11.6 Å². The van der Waals surface area contributed by atoms with Gasteiger partial charge in [-0.15, -0.1) is 5.10 Å².